The Hall–Kier alpha value is -1.26. The predicted molar refractivity (Wildman–Crippen MR) is 101 cm³/mol. The molecule has 0 spiro atoms. The maximum atomic E-state index is 6.10. The molecule has 0 aromatic rings. The van der Waals surface area contributed by atoms with Crippen molar-refractivity contribution >= 4 is 11.9 Å². The van der Waals surface area contributed by atoms with Crippen LogP contribution in [0.4, 0.5) is 0 Å². The molecule has 1 rings (SSSR count). The van der Waals surface area contributed by atoms with Crippen molar-refractivity contribution < 1.29 is 0 Å². The Balaban J connectivity index is 2.15. The minimum atomic E-state index is -0.222. The van der Waals surface area contributed by atoms with E-state index in [2.05, 4.69) is 41.0 Å². The first-order chi connectivity index (χ1) is 11.0. The standard InChI is InChI=1S/C18H37N5/c1-5-6-7-8-9-10-11-12-13-14-15-23-16(19)21-17(20-4)22-18(23,2)3/h5-15H2,1-4H3,(H3,19,20,21,22). The fourth-order valence-corrected chi connectivity index (χ4v) is 3.08. The van der Waals surface area contributed by atoms with Gasteiger partial charge < -0.3 is 16.0 Å². The predicted octanol–water partition coefficient (Wildman–Crippen LogP) is 3.85. The summed E-state index contributed by atoms with van der Waals surface area (Å²) in [5, 5.41) is 3.32. The third-order valence-corrected chi connectivity index (χ3v) is 4.54. The average molecular weight is 324 g/mol. The van der Waals surface area contributed by atoms with E-state index in [1.165, 1.54) is 57.8 Å². The molecule has 0 amide bonds. The van der Waals surface area contributed by atoms with Crippen LogP contribution in [0.25, 0.3) is 0 Å². The molecule has 0 radical (unpaired) electrons. The van der Waals surface area contributed by atoms with Crippen molar-refractivity contribution in [2.45, 2.75) is 90.6 Å². The number of unbranched alkanes of at least 4 members (excludes halogenated alkanes) is 9. The highest BCUT2D eigenvalue weighted by Crippen LogP contribution is 2.17. The summed E-state index contributed by atoms with van der Waals surface area (Å²) in [6, 6.07) is 0. The van der Waals surface area contributed by atoms with E-state index in [1.807, 2.05) is 0 Å². The summed E-state index contributed by atoms with van der Waals surface area (Å²) < 4.78 is 0. The van der Waals surface area contributed by atoms with E-state index in [1.54, 1.807) is 7.05 Å². The van der Waals surface area contributed by atoms with Gasteiger partial charge in [-0.15, -0.1) is 0 Å². The van der Waals surface area contributed by atoms with Crippen LogP contribution < -0.4 is 11.1 Å². The summed E-state index contributed by atoms with van der Waals surface area (Å²) in [6.45, 7) is 7.46. The lowest BCUT2D eigenvalue weighted by Gasteiger charge is -2.43. The topological polar surface area (TPSA) is 66.0 Å². The van der Waals surface area contributed by atoms with Gasteiger partial charge in [-0.2, -0.15) is 4.99 Å². The van der Waals surface area contributed by atoms with Crippen molar-refractivity contribution in [1.29, 1.82) is 0 Å². The van der Waals surface area contributed by atoms with E-state index in [-0.39, 0.29) is 5.66 Å². The highest BCUT2D eigenvalue weighted by atomic mass is 15.4. The van der Waals surface area contributed by atoms with E-state index < -0.39 is 0 Å². The first kappa shape index (κ1) is 19.8. The number of aliphatic imine (C=N–C) groups is 2. The molecule has 0 aromatic heterocycles. The van der Waals surface area contributed by atoms with Gasteiger partial charge in [0, 0.05) is 13.6 Å². The van der Waals surface area contributed by atoms with Crippen LogP contribution in [0.2, 0.25) is 0 Å². The molecule has 0 aliphatic carbocycles. The van der Waals surface area contributed by atoms with Gasteiger partial charge in [-0.25, -0.2) is 0 Å². The summed E-state index contributed by atoms with van der Waals surface area (Å²) in [7, 11) is 1.73. The Morgan fingerprint density at radius 2 is 1.52 bits per heavy atom. The zero-order valence-electron chi connectivity index (χ0n) is 15.7. The lowest BCUT2D eigenvalue weighted by Crippen LogP contribution is -2.64. The molecule has 0 atom stereocenters. The lowest BCUT2D eigenvalue weighted by atomic mass is 10.1. The molecule has 5 nitrogen and oxygen atoms in total. The molecule has 23 heavy (non-hydrogen) atoms. The number of hydrogen-bond acceptors (Lipinski definition) is 3. The Bertz CT molecular complexity index is 387. The largest absolute Gasteiger partial charge is 0.369 e. The van der Waals surface area contributed by atoms with Gasteiger partial charge in [0.2, 0.25) is 11.9 Å². The zero-order chi connectivity index (χ0) is 17.1. The van der Waals surface area contributed by atoms with Gasteiger partial charge in [-0.05, 0) is 20.3 Å². The molecular weight excluding hydrogens is 286 g/mol. The summed E-state index contributed by atoms with van der Waals surface area (Å²) >= 11 is 0. The van der Waals surface area contributed by atoms with Crippen molar-refractivity contribution in [3.8, 4) is 0 Å². The van der Waals surface area contributed by atoms with Gasteiger partial charge in [0.25, 0.3) is 0 Å². The molecular formula is C18H37N5. The third kappa shape index (κ3) is 7.23. The second-order valence-electron chi connectivity index (χ2n) is 7.03. The van der Waals surface area contributed by atoms with Crippen LogP contribution in [0.15, 0.2) is 9.98 Å². The second kappa shape index (κ2) is 10.5. The number of nitrogens with zero attached hydrogens (tertiary/aromatic N) is 3. The number of guanidine groups is 2. The first-order valence-electron chi connectivity index (χ1n) is 9.38. The van der Waals surface area contributed by atoms with Crippen molar-refractivity contribution in [2.75, 3.05) is 13.6 Å². The SMILES string of the molecule is CCCCCCCCCCCCN1C(N)=NC(=NC)NC1(C)C. The van der Waals surface area contributed by atoms with Crippen LogP contribution in [-0.4, -0.2) is 36.1 Å². The Morgan fingerprint density at radius 3 is 2.00 bits per heavy atom. The van der Waals surface area contributed by atoms with E-state index in [9.17, 15) is 0 Å². The minimum absolute atomic E-state index is 0.222. The van der Waals surface area contributed by atoms with Crippen molar-refractivity contribution in [3.05, 3.63) is 0 Å². The molecule has 1 heterocycles. The minimum Gasteiger partial charge on any atom is -0.369 e. The van der Waals surface area contributed by atoms with Crippen molar-refractivity contribution in [1.82, 2.24) is 10.2 Å². The van der Waals surface area contributed by atoms with Crippen LogP contribution in [-0.2, 0) is 0 Å². The Kier molecular flexibility index (Phi) is 9.03. The van der Waals surface area contributed by atoms with E-state index in [0.29, 0.717) is 11.9 Å². The van der Waals surface area contributed by atoms with Crippen molar-refractivity contribution in [3.63, 3.8) is 0 Å². The lowest BCUT2D eigenvalue weighted by molar-refractivity contribution is 0.182. The third-order valence-electron chi connectivity index (χ3n) is 4.54. The highest BCUT2D eigenvalue weighted by Gasteiger charge is 2.32. The fourth-order valence-electron chi connectivity index (χ4n) is 3.08. The van der Waals surface area contributed by atoms with Crippen LogP contribution >= 0.6 is 0 Å². The molecule has 134 valence electrons. The summed E-state index contributed by atoms with van der Waals surface area (Å²) in [6.07, 6.45) is 13.5. The summed E-state index contributed by atoms with van der Waals surface area (Å²) in [5.74, 6) is 1.19. The van der Waals surface area contributed by atoms with Gasteiger partial charge in [0.1, 0.15) is 5.66 Å². The summed E-state index contributed by atoms with van der Waals surface area (Å²) in [4.78, 5) is 10.5. The van der Waals surface area contributed by atoms with Gasteiger partial charge in [-0.1, -0.05) is 64.7 Å². The highest BCUT2D eigenvalue weighted by molar-refractivity contribution is 5.97. The monoisotopic (exact) mass is 323 g/mol. The molecule has 1 aliphatic heterocycles. The van der Waals surface area contributed by atoms with Crippen LogP contribution in [0.5, 0.6) is 0 Å². The molecule has 0 fully saturated rings. The Labute approximate surface area is 142 Å². The van der Waals surface area contributed by atoms with Crippen LogP contribution in [0, 0.1) is 0 Å². The maximum absolute atomic E-state index is 6.10. The smallest absolute Gasteiger partial charge is 0.222 e. The second-order valence-corrected chi connectivity index (χ2v) is 7.03. The summed E-state index contributed by atoms with van der Waals surface area (Å²) in [5.41, 5.74) is 5.87. The van der Waals surface area contributed by atoms with Crippen LogP contribution in [0.1, 0.15) is 85.0 Å². The van der Waals surface area contributed by atoms with Gasteiger partial charge in [0.05, 0.1) is 0 Å². The number of nitrogens with one attached hydrogen (secondary N) is 1. The molecule has 0 unspecified atom stereocenters. The fraction of sp³-hybridized carbons (Fsp3) is 0.889. The molecule has 0 bridgehead atoms. The van der Waals surface area contributed by atoms with E-state index in [4.69, 9.17) is 5.73 Å². The molecule has 3 N–H and O–H groups in total. The number of rotatable bonds is 11. The van der Waals surface area contributed by atoms with Gasteiger partial charge >= 0.3 is 0 Å². The molecule has 0 saturated heterocycles. The molecule has 0 saturated carbocycles. The van der Waals surface area contributed by atoms with Gasteiger partial charge in [-0.3, -0.25) is 4.99 Å². The normalized spacial score (nSPS) is 18.9. The first-order valence-corrected chi connectivity index (χ1v) is 9.38. The zero-order valence-corrected chi connectivity index (χ0v) is 15.7. The number of hydrogen-bond donors (Lipinski definition) is 2. The van der Waals surface area contributed by atoms with Crippen LogP contribution in [0.3, 0.4) is 0 Å². The average Bonchev–Trinajstić information content (AvgIpc) is 2.50. The van der Waals surface area contributed by atoms with Crippen molar-refractivity contribution in [2.24, 2.45) is 15.7 Å². The molecule has 0 aromatic carbocycles. The van der Waals surface area contributed by atoms with Gasteiger partial charge in [0.15, 0.2) is 0 Å². The van der Waals surface area contributed by atoms with E-state index >= 15 is 0 Å². The van der Waals surface area contributed by atoms with E-state index in [0.717, 1.165) is 13.0 Å². The number of nitrogens with two attached hydrogens (primary N) is 1. The Morgan fingerprint density at radius 1 is 1.00 bits per heavy atom. The maximum Gasteiger partial charge on any atom is 0.222 e. The quantitative estimate of drug-likeness (QED) is 0.568. The molecule has 1 aliphatic rings. The molecule has 5 heteroatoms.